The van der Waals surface area contributed by atoms with Gasteiger partial charge in [-0.05, 0) is 47.9 Å². The van der Waals surface area contributed by atoms with Gasteiger partial charge in [-0.3, -0.25) is 15.0 Å². The van der Waals surface area contributed by atoms with Crippen molar-refractivity contribution in [2.45, 2.75) is 0 Å². The number of aromatic nitrogens is 4. The molecular weight excluding hydrogens is 394 g/mol. The van der Waals surface area contributed by atoms with E-state index in [-0.39, 0.29) is 5.91 Å². The molecule has 3 aromatic heterocycles. The van der Waals surface area contributed by atoms with Crippen molar-refractivity contribution in [3.05, 3.63) is 78.6 Å². The third-order valence-electron chi connectivity index (χ3n) is 5.20. The third-order valence-corrected chi connectivity index (χ3v) is 6.35. The predicted molar refractivity (Wildman–Crippen MR) is 121 cm³/mol. The molecule has 6 aromatic rings. The van der Waals surface area contributed by atoms with Crippen LogP contribution in [-0.2, 0) is 0 Å². The highest BCUT2D eigenvalue weighted by Crippen LogP contribution is 2.37. The molecule has 0 saturated heterocycles. The van der Waals surface area contributed by atoms with Crippen LogP contribution in [0.4, 0.5) is 5.69 Å². The minimum atomic E-state index is -0.164. The lowest BCUT2D eigenvalue weighted by Crippen LogP contribution is -2.11. The van der Waals surface area contributed by atoms with Gasteiger partial charge in [-0.25, -0.2) is 0 Å². The summed E-state index contributed by atoms with van der Waals surface area (Å²) in [5, 5.41) is 20.2. The van der Waals surface area contributed by atoms with Gasteiger partial charge in [0, 0.05) is 37.2 Å². The molecule has 6 rings (SSSR count). The molecule has 0 atom stereocenters. The molecule has 30 heavy (non-hydrogen) atoms. The number of hydrogen-bond acceptors (Lipinski definition) is 4. The van der Waals surface area contributed by atoms with E-state index in [0.29, 0.717) is 5.56 Å². The molecule has 3 heterocycles. The van der Waals surface area contributed by atoms with E-state index in [0.717, 1.165) is 37.9 Å². The van der Waals surface area contributed by atoms with E-state index < -0.39 is 0 Å². The van der Waals surface area contributed by atoms with Crippen molar-refractivity contribution in [3.63, 3.8) is 0 Å². The number of carbonyl (C=O) groups excluding carboxylic acids is 1. The molecule has 1 amide bonds. The van der Waals surface area contributed by atoms with Gasteiger partial charge in [0.15, 0.2) is 0 Å². The van der Waals surface area contributed by atoms with E-state index in [1.807, 2.05) is 42.5 Å². The number of anilines is 1. The molecule has 3 aromatic carbocycles. The standard InChI is InChI=1S/C23H15N5OS/c29-23(26-17-5-6-19-15(8-17)11-24-27-19)14-7-16-12-25-28-22(16)18(9-14)21-10-13-3-1-2-4-20(13)30-21/h1-12H,(H,24,27)(H,25,28)(H,26,29). The summed E-state index contributed by atoms with van der Waals surface area (Å²) >= 11 is 1.71. The summed E-state index contributed by atoms with van der Waals surface area (Å²) in [5.74, 6) is -0.164. The van der Waals surface area contributed by atoms with Crippen LogP contribution in [0.1, 0.15) is 10.4 Å². The Kier molecular flexibility index (Phi) is 3.69. The molecule has 6 nitrogen and oxygen atoms in total. The van der Waals surface area contributed by atoms with Crippen molar-refractivity contribution >= 4 is 54.8 Å². The molecule has 0 unspecified atom stereocenters. The van der Waals surface area contributed by atoms with E-state index in [2.05, 4.69) is 43.9 Å². The maximum atomic E-state index is 13.0. The van der Waals surface area contributed by atoms with Crippen LogP contribution in [0.25, 0.3) is 42.3 Å². The third kappa shape index (κ3) is 2.75. The van der Waals surface area contributed by atoms with E-state index in [1.54, 1.807) is 23.7 Å². The van der Waals surface area contributed by atoms with Crippen LogP contribution in [-0.4, -0.2) is 26.3 Å². The number of aromatic amines is 2. The van der Waals surface area contributed by atoms with Crippen molar-refractivity contribution < 1.29 is 4.79 Å². The van der Waals surface area contributed by atoms with E-state index in [1.165, 1.54) is 10.1 Å². The summed E-state index contributed by atoms with van der Waals surface area (Å²) in [6.07, 6.45) is 3.49. The minimum Gasteiger partial charge on any atom is -0.322 e. The zero-order valence-electron chi connectivity index (χ0n) is 15.6. The lowest BCUT2D eigenvalue weighted by atomic mass is 10.0. The van der Waals surface area contributed by atoms with Crippen LogP contribution in [0.3, 0.4) is 0 Å². The van der Waals surface area contributed by atoms with Crippen LogP contribution >= 0.6 is 11.3 Å². The van der Waals surface area contributed by atoms with Crippen LogP contribution < -0.4 is 5.32 Å². The fourth-order valence-corrected chi connectivity index (χ4v) is 4.81. The average Bonchev–Trinajstić information content (AvgIpc) is 3.50. The zero-order chi connectivity index (χ0) is 20.1. The van der Waals surface area contributed by atoms with Crippen LogP contribution in [0, 0.1) is 0 Å². The van der Waals surface area contributed by atoms with Crippen molar-refractivity contribution in [2.75, 3.05) is 5.32 Å². The number of amides is 1. The number of thiophene rings is 1. The number of nitrogens with zero attached hydrogens (tertiary/aromatic N) is 2. The fourth-order valence-electron chi connectivity index (χ4n) is 3.72. The quantitative estimate of drug-likeness (QED) is 0.357. The summed E-state index contributed by atoms with van der Waals surface area (Å²) in [6.45, 7) is 0. The highest BCUT2D eigenvalue weighted by molar-refractivity contribution is 7.22. The Morgan fingerprint density at radius 3 is 2.67 bits per heavy atom. The number of benzene rings is 3. The average molecular weight is 409 g/mol. The SMILES string of the molecule is O=C(Nc1ccc2[nH]ncc2c1)c1cc(-c2cc3ccccc3s2)c2[nH]ncc2c1. The maximum absolute atomic E-state index is 13.0. The van der Waals surface area contributed by atoms with Gasteiger partial charge in [-0.1, -0.05) is 18.2 Å². The number of rotatable bonds is 3. The largest absolute Gasteiger partial charge is 0.322 e. The Labute approximate surface area is 174 Å². The lowest BCUT2D eigenvalue weighted by Gasteiger charge is -2.08. The van der Waals surface area contributed by atoms with E-state index in [9.17, 15) is 4.79 Å². The molecule has 0 radical (unpaired) electrons. The van der Waals surface area contributed by atoms with Crippen LogP contribution in [0.2, 0.25) is 0 Å². The first-order chi connectivity index (χ1) is 14.7. The van der Waals surface area contributed by atoms with Gasteiger partial charge in [0.05, 0.1) is 23.4 Å². The van der Waals surface area contributed by atoms with Crippen molar-refractivity contribution in [1.82, 2.24) is 20.4 Å². The summed E-state index contributed by atoms with van der Waals surface area (Å²) in [7, 11) is 0. The van der Waals surface area contributed by atoms with Gasteiger partial charge in [-0.2, -0.15) is 10.2 Å². The Morgan fingerprint density at radius 1 is 0.867 bits per heavy atom. The first-order valence-electron chi connectivity index (χ1n) is 9.45. The first-order valence-corrected chi connectivity index (χ1v) is 10.3. The van der Waals surface area contributed by atoms with Gasteiger partial charge < -0.3 is 5.32 Å². The highest BCUT2D eigenvalue weighted by atomic mass is 32.1. The number of H-pyrrole nitrogens is 2. The monoisotopic (exact) mass is 409 g/mol. The second-order valence-electron chi connectivity index (χ2n) is 7.13. The highest BCUT2D eigenvalue weighted by Gasteiger charge is 2.15. The Hall–Kier alpha value is -3.97. The summed E-state index contributed by atoms with van der Waals surface area (Å²) in [5.41, 5.74) is 4.15. The second kappa shape index (κ2) is 6.53. The molecular formula is C23H15N5OS. The molecule has 7 heteroatoms. The van der Waals surface area contributed by atoms with E-state index in [4.69, 9.17) is 0 Å². The Morgan fingerprint density at radius 2 is 1.73 bits per heavy atom. The van der Waals surface area contributed by atoms with Crippen molar-refractivity contribution in [1.29, 1.82) is 0 Å². The topological polar surface area (TPSA) is 86.5 Å². The number of hydrogen-bond donors (Lipinski definition) is 3. The fraction of sp³-hybridized carbons (Fsp3) is 0. The maximum Gasteiger partial charge on any atom is 0.255 e. The smallest absolute Gasteiger partial charge is 0.255 e. The van der Waals surface area contributed by atoms with E-state index >= 15 is 0 Å². The molecule has 144 valence electrons. The molecule has 0 aliphatic carbocycles. The summed E-state index contributed by atoms with van der Waals surface area (Å²) in [4.78, 5) is 14.1. The summed E-state index contributed by atoms with van der Waals surface area (Å²) in [6, 6.07) is 19.9. The number of fused-ring (bicyclic) bond motifs is 3. The normalized spacial score (nSPS) is 11.5. The number of carbonyl (C=O) groups is 1. The Balaban J connectivity index is 1.42. The minimum absolute atomic E-state index is 0.164. The first kappa shape index (κ1) is 16.9. The zero-order valence-corrected chi connectivity index (χ0v) is 16.5. The van der Waals surface area contributed by atoms with Crippen LogP contribution in [0.15, 0.2) is 73.1 Å². The number of nitrogens with one attached hydrogen (secondary N) is 3. The summed E-state index contributed by atoms with van der Waals surface area (Å²) < 4.78 is 1.21. The van der Waals surface area contributed by atoms with Gasteiger partial charge in [0.25, 0.3) is 5.91 Å². The van der Waals surface area contributed by atoms with Crippen molar-refractivity contribution in [2.24, 2.45) is 0 Å². The lowest BCUT2D eigenvalue weighted by molar-refractivity contribution is 0.102. The second-order valence-corrected chi connectivity index (χ2v) is 8.22. The van der Waals surface area contributed by atoms with Gasteiger partial charge in [-0.15, -0.1) is 11.3 Å². The van der Waals surface area contributed by atoms with Crippen LogP contribution in [0.5, 0.6) is 0 Å². The van der Waals surface area contributed by atoms with Crippen molar-refractivity contribution in [3.8, 4) is 10.4 Å². The van der Waals surface area contributed by atoms with Gasteiger partial charge >= 0.3 is 0 Å². The molecule has 0 bridgehead atoms. The van der Waals surface area contributed by atoms with Gasteiger partial charge in [0.2, 0.25) is 0 Å². The molecule has 0 spiro atoms. The van der Waals surface area contributed by atoms with Gasteiger partial charge in [0.1, 0.15) is 0 Å². The molecule has 0 aliphatic heterocycles. The molecule has 0 saturated carbocycles. The molecule has 0 aliphatic rings. The molecule has 0 fully saturated rings. The predicted octanol–water partition coefficient (Wildman–Crippen LogP) is 5.57. The molecule has 3 N–H and O–H groups in total. The Bertz CT molecular complexity index is 1530.